The van der Waals surface area contributed by atoms with Crippen LogP contribution >= 0.6 is 0 Å². The molecule has 1 aromatic heterocycles. The molecule has 2 aromatic rings. The molecule has 2 N–H and O–H groups in total. The van der Waals surface area contributed by atoms with Crippen LogP contribution in [0.3, 0.4) is 0 Å². The number of nitriles is 1. The number of nitrogen functional groups attached to an aromatic ring is 1. The minimum Gasteiger partial charge on any atom is -0.368 e. The molecule has 124 valence electrons. The van der Waals surface area contributed by atoms with Gasteiger partial charge in [0, 0.05) is 44.5 Å². The summed E-state index contributed by atoms with van der Waals surface area (Å²) < 4.78 is 0. The van der Waals surface area contributed by atoms with Gasteiger partial charge in [-0.25, -0.2) is 4.98 Å². The largest absolute Gasteiger partial charge is 0.368 e. The van der Waals surface area contributed by atoms with Crippen LogP contribution < -0.4 is 10.6 Å². The van der Waals surface area contributed by atoms with Crippen molar-refractivity contribution in [3.63, 3.8) is 0 Å². The van der Waals surface area contributed by atoms with E-state index < -0.39 is 0 Å². The summed E-state index contributed by atoms with van der Waals surface area (Å²) in [5, 5.41) is 9.22. The van der Waals surface area contributed by atoms with Crippen LogP contribution in [0.1, 0.15) is 23.6 Å². The zero-order valence-corrected chi connectivity index (χ0v) is 13.9. The first-order valence-electron chi connectivity index (χ1n) is 8.28. The normalized spacial score (nSPS) is 15.2. The van der Waals surface area contributed by atoms with Crippen LogP contribution in [0.25, 0.3) is 0 Å². The van der Waals surface area contributed by atoms with E-state index in [1.165, 1.54) is 0 Å². The third-order valence-corrected chi connectivity index (χ3v) is 4.44. The molecule has 24 heavy (non-hydrogen) atoms. The van der Waals surface area contributed by atoms with Crippen LogP contribution in [-0.4, -0.2) is 41.0 Å². The summed E-state index contributed by atoms with van der Waals surface area (Å²) in [5.74, 6) is 1.29. The molecule has 3 rings (SSSR count). The molecule has 0 spiro atoms. The maximum Gasteiger partial charge on any atom is 0.221 e. The van der Waals surface area contributed by atoms with Gasteiger partial charge in [0.05, 0.1) is 11.6 Å². The van der Waals surface area contributed by atoms with Gasteiger partial charge in [-0.05, 0) is 18.1 Å². The molecule has 0 unspecified atom stereocenters. The van der Waals surface area contributed by atoms with Gasteiger partial charge in [0.1, 0.15) is 5.82 Å². The number of benzene rings is 1. The van der Waals surface area contributed by atoms with E-state index in [9.17, 15) is 5.26 Å². The average Bonchev–Trinajstić information content (AvgIpc) is 2.63. The summed E-state index contributed by atoms with van der Waals surface area (Å²) in [6.07, 6.45) is 2.72. The molecular weight excluding hydrogens is 300 g/mol. The smallest absolute Gasteiger partial charge is 0.221 e. The summed E-state index contributed by atoms with van der Waals surface area (Å²) in [4.78, 5) is 13.2. The molecule has 6 heteroatoms. The Morgan fingerprint density at radius 1 is 1.17 bits per heavy atom. The summed E-state index contributed by atoms with van der Waals surface area (Å²) in [6, 6.07) is 10.1. The van der Waals surface area contributed by atoms with Gasteiger partial charge in [-0.3, -0.25) is 4.90 Å². The number of hydrogen-bond donors (Lipinski definition) is 1. The van der Waals surface area contributed by atoms with Crippen molar-refractivity contribution in [3.05, 3.63) is 47.2 Å². The molecule has 1 fully saturated rings. The number of hydrogen-bond acceptors (Lipinski definition) is 6. The van der Waals surface area contributed by atoms with Gasteiger partial charge in [0.15, 0.2) is 0 Å². The standard InChI is InChI=1S/C18H22N6/c1-2-14-12-21-18(20)22-17(14)24-9-7-23(8-10-24)13-16-6-4-3-5-15(16)11-19/h3-6,12H,2,7-10,13H2,1H3,(H2,20,21,22). The van der Waals surface area contributed by atoms with Gasteiger partial charge in [-0.1, -0.05) is 25.1 Å². The van der Waals surface area contributed by atoms with Crippen LogP contribution in [0.2, 0.25) is 0 Å². The third-order valence-electron chi connectivity index (χ3n) is 4.44. The van der Waals surface area contributed by atoms with E-state index in [0.717, 1.165) is 61.7 Å². The Morgan fingerprint density at radius 2 is 1.92 bits per heavy atom. The highest BCUT2D eigenvalue weighted by molar-refractivity contribution is 5.49. The molecule has 0 radical (unpaired) electrons. The molecule has 0 bridgehead atoms. The lowest BCUT2D eigenvalue weighted by Gasteiger charge is -2.36. The molecular formula is C18H22N6. The lowest BCUT2D eigenvalue weighted by molar-refractivity contribution is 0.249. The van der Waals surface area contributed by atoms with Gasteiger partial charge in [-0.2, -0.15) is 10.2 Å². The number of nitrogens with zero attached hydrogens (tertiary/aromatic N) is 5. The summed E-state index contributed by atoms with van der Waals surface area (Å²) in [7, 11) is 0. The van der Waals surface area contributed by atoms with Gasteiger partial charge in [0.2, 0.25) is 5.95 Å². The first kappa shape index (κ1) is 16.2. The zero-order chi connectivity index (χ0) is 16.9. The average molecular weight is 322 g/mol. The first-order chi connectivity index (χ1) is 11.7. The Balaban J connectivity index is 1.66. The second-order valence-electron chi connectivity index (χ2n) is 5.96. The second-order valence-corrected chi connectivity index (χ2v) is 5.96. The topological polar surface area (TPSA) is 82.1 Å². The highest BCUT2D eigenvalue weighted by Crippen LogP contribution is 2.21. The highest BCUT2D eigenvalue weighted by atomic mass is 15.3. The van der Waals surface area contributed by atoms with Crippen molar-refractivity contribution in [1.82, 2.24) is 14.9 Å². The predicted octanol–water partition coefficient (Wildman–Crippen LogP) is 1.82. The first-order valence-corrected chi connectivity index (χ1v) is 8.28. The van der Waals surface area contributed by atoms with E-state index in [4.69, 9.17) is 5.73 Å². The van der Waals surface area contributed by atoms with Crippen LogP contribution in [-0.2, 0) is 13.0 Å². The molecule has 1 aromatic carbocycles. The van der Waals surface area contributed by atoms with E-state index >= 15 is 0 Å². The second kappa shape index (κ2) is 7.28. The van der Waals surface area contributed by atoms with E-state index in [2.05, 4.69) is 32.8 Å². The lowest BCUT2D eigenvalue weighted by atomic mass is 10.1. The van der Waals surface area contributed by atoms with E-state index in [-0.39, 0.29) is 0 Å². The third kappa shape index (κ3) is 3.47. The van der Waals surface area contributed by atoms with E-state index in [1.807, 2.05) is 30.5 Å². The Hall–Kier alpha value is -2.65. The quantitative estimate of drug-likeness (QED) is 0.924. The van der Waals surface area contributed by atoms with Crippen LogP contribution in [0, 0.1) is 11.3 Å². The van der Waals surface area contributed by atoms with Gasteiger partial charge >= 0.3 is 0 Å². The van der Waals surface area contributed by atoms with Gasteiger partial charge in [-0.15, -0.1) is 0 Å². The fraction of sp³-hybridized carbons (Fsp3) is 0.389. The van der Waals surface area contributed by atoms with Crippen molar-refractivity contribution in [2.45, 2.75) is 19.9 Å². The monoisotopic (exact) mass is 322 g/mol. The minimum atomic E-state index is 0.326. The minimum absolute atomic E-state index is 0.326. The number of rotatable bonds is 4. The molecule has 1 aliphatic heterocycles. The Kier molecular flexibility index (Phi) is 4.92. The zero-order valence-electron chi connectivity index (χ0n) is 13.9. The summed E-state index contributed by atoms with van der Waals surface area (Å²) in [6.45, 7) is 6.59. The number of aryl methyl sites for hydroxylation is 1. The van der Waals surface area contributed by atoms with Crippen molar-refractivity contribution in [2.75, 3.05) is 36.8 Å². The Bertz CT molecular complexity index is 743. The number of piperazine rings is 1. The number of nitrogens with two attached hydrogens (primary N) is 1. The van der Waals surface area contributed by atoms with Crippen molar-refractivity contribution in [2.24, 2.45) is 0 Å². The Morgan fingerprint density at radius 3 is 2.62 bits per heavy atom. The van der Waals surface area contributed by atoms with Crippen LogP contribution in [0.4, 0.5) is 11.8 Å². The highest BCUT2D eigenvalue weighted by Gasteiger charge is 2.21. The SMILES string of the molecule is CCc1cnc(N)nc1N1CCN(Cc2ccccc2C#N)CC1. The molecule has 0 amide bonds. The van der Waals surface area contributed by atoms with Crippen LogP contribution in [0.5, 0.6) is 0 Å². The van der Waals surface area contributed by atoms with Crippen molar-refractivity contribution < 1.29 is 0 Å². The van der Waals surface area contributed by atoms with Gasteiger partial charge in [0.25, 0.3) is 0 Å². The van der Waals surface area contributed by atoms with E-state index in [1.54, 1.807) is 0 Å². The van der Waals surface area contributed by atoms with E-state index in [0.29, 0.717) is 5.95 Å². The summed E-state index contributed by atoms with van der Waals surface area (Å²) in [5.41, 5.74) is 8.74. The molecule has 1 aliphatic rings. The molecule has 0 saturated carbocycles. The maximum absolute atomic E-state index is 9.22. The fourth-order valence-corrected chi connectivity index (χ4v) is 3.06. The molecule has 6 nitrogen and oxygen atoms in total. The van der Waals surface area contributed by atoms with Crippen molar-refractivity contribution in [3.8, 4) is 6.07 Å². The number of aromatic nitrogens is 2. The molecule has 0 atom stereocenters. The Labute approximate surface area is 142 Å². The lowest BCUT2D eigenvalue weighted by Crippen LogP contribution is -2.46. The fourth-order valence-electron chi connectivity index (χ4n) is 3.06. The summed E-state index contributed by atoms with van der Waals surface area (Å²) >= 11 is 0. The molecule has 1 saturated heterocycles. The van der Waals surface area contributed by atoms with Crippen molar-refractivity contribution >= 4 is 11.8 Å². The van der Waals surface area contributed by atoms with Crippen molar-refractivity contribution in [1.29, 1.82) is 5.26 Å². The molecule has 2 heterocycles. The van der Waals surface area contributed by atoms with Gasteiger partial charge < -0.3 is 10.6 Å². The maximum atomic E-state index is 9.22. The predicted molar refractivity (Wildman–Crippen MR) is 94.5 cm³/mol. The number of anilines is 2. The molecule has 0 aliphatic carbocycles. The van der Waals surface area contributed by atoms with Crippen LogP contribution in [0.15, 0.2) is 30.5 Å².